The molecule has 0 unspecified atom stereocenters. The minimum absolute atomic E-state index is 0.0547. The monoisotopic (exact) mass is 331 g/mol. The fourth-order valence-corrected chi connectivity index (χ4v) is 3.53. The van der Waals surface area contributed by atoms with Gasteiger partial charge in [0.1, 0.15) is 5.58 Å². The lowest BCUT2D eigenvalue weighted by Crippen LogP contribution is -2.03. The highest BCUT2D eigenvalue weighted by molar-refractivity contribution is 6.14. The number of hydrogen-bond acceptors (Lipinski definition) is 3. The van der Waals surface area contributed by atoms with Gasteiger partial charge >= 0.3 is 0 Å². The van der Waals surface area contributed by atoms with Gasteiger partial charge in [0.05, 0.1) is 5.69 Å². The second kappa shape index (κ2) is 5.45. The van der Waals surface area contributed by atoms with Gasteiger partial charge in [-0.1, -0.05) is 30.3 Å². The number of hydrogen-bond donors (Lipinski definition) is 1. The highest BCUT2D eigenvalue weighted by atomic mass is 16.3. The number of aromatic amines is 1. The average Bonchev–Trinajstić information content (AvgIpc) is 3.15. The van der Waals surface area contributed by atoms with Gasteiger partial charge in [0.25, 0.3) is 0 Å². The molecule has 0 saturated carbocycles. The summed E-state index contributed by atoms with van der Waals surface area (Å²) in [5.41, 5.74) is 3.03. The SMILES string of the molecule is CC(=O)c1c(C)[nH]c(C(=O)c2cc3c(ccc4ccccc43)o2)c1C. The van der Waals surface area contributed by atoms with Crippen LogP contribution in [0.15, 0.2) is 46.9 Å². The summed E-state index contributed by atoms with van der Waals surface area (Å²) < 4.78 is 5.80. The maximum Gasteiger partial charge on any atom is 0.244 e. The standard InChI is InChI=1S/C21H17NO3/c1-11-19(13(3)23)12(2)22-20(11)21(24)18-10-16-15-7-5-4-6-14(15)8-9-17(16)25-18/h4-10,22H,1-3H3. The quantitative estimate of drug-likeness (QED) is 0.539. The number of H-pyrrole nitrogens is 1. The Kier molecular flexibility index (Phi) is 3.35. The Morgan fingerprint density at radius 2 is 1.76 bits per heavy atom. The molecule has 0 fully saturated rings. The molecule has 0 bridgehead atoms. The Morgan fingerprint density at radius 3 is 2.48 bits per heavy atom. The molecule has 0 saturated heterocycles. The molecule has 0 atom stereocenters. The van der Waals surface area contributed by atoms with Gasteiger partial charge in [-0.3, -0.25) is 9.59 Å². The van der Waals surface area contributed by atoms with Gasteiger partial charge in [-0.15, -0.1) is 0 Å². The fraction of sp³-hybridized carbons (Fsp3) is 0.143. The molecule has 25 heavy (non-hydrogen) atoms. The lowest BCUT2D eigenvalue weighted by molar-refractivity contribution is 0.100. The summed E-state index contributed by atoms with van der Waals surface area (Å²) in [6.07, 6.45) is 0. The topological polar surface area (TPSA) is 63.1 Å². The highest BCUT2D eigenvalue weighted by Crippen LogP contribution is 2.30. The Balaban J connectivity index is 1.88. The van der Waals surface area contributed by atoms with E-state index in [1.807, 2.05) is 36.4 Å². The van der Waals surface area contributed by atoms with Gasteiger partial charge in [0, 0.05) is 16.6 Å². The number of ketones is 2. The number of carbonyl (C=O) groups excluding carboxylic acids is 2. The summed E-state index contributed by atoms with van der Waals surface area (Å²) in [7, 11) is 0. The Morgan fingerprint density at radius 1 is 1.00 bits per heavy atom. The van der Waals surface area contributed by atoms with Crippen molar-refractivity contribution in [3.05, 3.63) is 70.7 Å². The third-order valence-corrected chi connectivity index (χ3v) is 4.67. The van der Waals surface area contributed by atoms with E-state index in [2.05, 4.69) is 4.98 Å². The van der Waals surface area contributed by atoms with Crippen LogP contribution in [0.2, 0.25) is 0 Å². The van der Waals surface area contributed by atoms with Crippen LogP contribution in [0, 0.1) is 13.8 Å². The van der Waals surface area contributed by atoms with E-state index in [4.69, 9.17) is 4.42 Å². The van der Waals surface area contributed by atoms with Crippen molar-refractivity contribution >= 4 is 33.3 Å². The molecular formula is C21H17NO3. The summed E-state index contributed by atoms with van der Waals surface area (Å²) in [6.45, 7) is 5.09. The lowest BCUT2D eigenvalue weighted by Gasteiger charge is -1.97. The minimum atomic E-state index is -0.242. The summed E-state index contributed by atoms with van der Waals surface area (Å²) in [4.78, 5) is 27.8. The van der Waals surface area contributed by atoms with Crippen molar-refractivity contribution < 1.29 is 14.0 Å². The first-order valence-electron chi connectivity index (χ1n) is 8.13. The predicted molar refractivity (Wildman–Crippen MR) is 97.4 cm³/mol. The summed E-state index contributed by atoms with van der Waals surface area (Å²) >= 11 is 0. The van der Waals surface area contributed by atoms with E-state index < -0.39 is 0 Å². The molecule has 4 aromatic rings. The maximum atomic E-state index is 12.9. The zero-order chi connectivity index (χ0) is 17.7. The van der Waals surface area contributed by atoms with Crippen LogP contribution in [0.5, 0.6) is 0 Å². The van der Waals surface area contributed by atoms with Crippen LogP contribution in [-0.4, -0.2) is 16.6 Å². The molecule has 0 aliphatic carbocycles. The average molecular weight is 331 g/mol. The molecule has 4 rings (SSSR count). The maximum absolute atomic E-state index is 12.9. The van der Waals surface area contributed by atoms with Gasteiger partial charge in [-0.25, -0.2) is 0 Å². The smallest absolute Gasteiger partial charge is 0.244 e. The van der Waals surface area contributed by atoms with Crippen LogP contribution < -0.4 is 0 Å². The first kappa shape index (κ1) is 15.4. The Labute approximate surface area is 144 Å². The summed E-state index contributed by atoms with van der Waals surface area (Å²) in [5.74, 6) is -0.0277. The molecule has 4 heteroatoms. The summed E-state index contributed by atoms with van der Waals surface area (Å²) in [5, 5.41) is 3.06. The Hall–Kier alpha value is -3.14. The van der Waals surface area contributed by atoms with Gasteiger partial charge in [-0.05, 0) is 49.2 Å². The van der Waals surface area contributed by atoms with Crippen LogP contribution in [0.4, 0.5) is 0 Å². The van der Waals surface area contributed by atoms with Gasteiger partial charge in [0.15, 0.2) is 11.5 Å². The molecule has 0 radical (unpaired) electrons. The predicted octanol–water partition coefficient (Wildman–Crippen LogP) is 4.96. The van der Waals surface area contributed by atoms with Gasteiger partial charge in [0.2, 0.25) is 5.78 Å². The van der Waals surface area contributed by atoms with E-state index in [1.54, 1.807) is 19.9 Å². The second-order valence-electron chi connectivity index (χ2n) is 6.32. The van der Waals surface area contributed by atoms with E-state index in [0.29, 0.717) is 28.1 Å². The third-order valence-electron chi connectivity index (χ3n) is 4.67. The number of nitrogens with one attached hydrogen (secondary N) is 1. The van der Waals surface area contributed by atoms with Gasteiger partial charge in [-0.2, -0.15) is 0 Å². The molecule has 124 valence electrons. The number of benzene rings is 2. The van der Waals surface area contributed by atoms with E-state index in [1.165, 1.54) is 6.92 Å². The Bertz CT molecular complexity index is 1160. The van der Waals surface area contributed by atoms with Crippen LogP contribution in [0.25, 0.3) is 21.7 Å². The van der Waals surface area contributed by atoms with Crippen molar-refractivity contribution in [3.63, 3.8) is 0 Å². The molecule has 1 N–H and O–H groups in total. The largest absolute Gasteiger partial charge is 0.452 e. The zero-order valence-electron chi connectivity index (χ0n) is 14.3. The van der Waals surface area contributed by atoms with Crippen LogP contribution >= 0.6 is 0 Å². The van der Waals surface area contributed by atoms with Crippen molar-refractivity contribution in [3.8, 4) is 0 Å². The molecule has 0 aliphatic rings. The molecule has 2 aromatic carbocycles. The molecule has 4 nitrogen and oxygen atoms in total. The molecular weight excluding hydrogens is 314 g/mol. The van der Waals surface area contributed by atoms with Crippen molar-refractivity contribution in [2.45, 2.75) is 20.8 Å². The number of aryl methyl sites for hydroxylation is 1. The van der Waals surface area contributed by atoms with Gasteiger partial charge < -0.3 is 9.40 Å². The van der Waals surface area contributed by atoms with E-state index >= 15 is 0 Å². The van der Waals surface area contributed by atoms with Crippen LogP contribution in [-0.2, 0) is 0 Å². The molecule has 0 spiro atoms. The second-order valence-corrected chi connectivity index (χ2v) is 6.32. The molecule has 0 amide bonds. The van der Waals surface area contributed by atoms with E-state index in [9.17, 15) is 9.59 Å². The van der Waals surface area contributed by atoms with E-state index in [-0.39, 0.29) is 17.3 Å². The number of Topliss-reactive ketones (excluding diaryl/α,β-unsaturated/α-hetero) is 1. The minimum Gasteiger partial charge on any atom is -0.452 e. The van der Waals surface area contributed by atoms with Crippen LogP contribution in [0.1, 0.15) is 44.8 Å². The third kappa shape index (κ3) is 2.30. The van der Waals surface area contributed by atoms with E-state index in [0.717, 1.165) is 16.2 Å². The molecule has 0 aliphatic heterocycles. The fourth-order valence-electron chi connectivity index (χ4n) is 3.53. The van der Waals surface area contributed by atoms with Crippen LogP contribution in [0.3, 0.4) is 0 Å². The van der Waals surface area contributed by atoms with Crippen molar-refractivity contribution in [2.24, 2.45) is 0 Å². The molecule has 2 heterocycles. The normalized spacial score (nSPS) is 11.3. The number of carbonyl (C=O) groups is 2. The first-order valence-corrected chi connectivity index (χ1v) is 8.13. The molecule has 2 aromatic heterocycles. The summed E-state index contributed by atoms with van der Waals surface area (Å²) in [6, 6.07) is 13.6. The first-order chi connectivity index (χ1) is 12.0. The van der Waals surface area contributed by atoms with Crippen molar-refractivity contribution in [2.75, 3.05) is 0 Å². The van der Waals surface area contributed by atoms with Crippen molar-refractivity contribution in [1.82, 2.24) is 4.98 Å². The van der Waals surface area contributed by atoms with Crippen molar-refractivity contribution in [1.29, 1.82) is 0 Å². The lowest BCUT2D eigenvalue weighted by atomic mass is 10.0. The highest BCUT2D eigenvalue weighted by Gasteiger charge is 2.23. The number of rotatable bonds is 3. The number of furan rings is 1. The number of aromatic nitrogens is 1. The number of fused-ring (bicyclic) bond motifs is 3. The zero-order valence-corrected chi connectivity index (χ0v) is 14.3.